The maximum atomic E-state index is 16.1. The van der Waals surface area contributed by atoms with Gasteiger partial charge in [0.05, 0.1) is 43.1 Å². The van der Waals surface area contributed by atoms with E-state index < -0.39 is 76.7 Å². The van der Waals surface area contributed by atoms with Gasteiger partial charge in [-0.2, -0.15) is 17.6 Å². The first kappa shape index (κ1) is 35.8. The minimum Gasteiger partial charge on any atom is -0.497 e. The van der Waals surface area contributed by atoms with Gasteiger partial charge in [0.15, 0.2) is 5.69 Å². The van der Waals surface area contributed by atoms with Crippen LogP contribution in [-0.2, 0) is 25.0 Å². The number of aldehydes is 1. The summed E-state index contributed by atoms with van der Waals surface area (Å²) in [5, 5.41) is 0. The van der Waals surface area contributed by atoms with E-state index in [9.17, 15) is 14.4 Å². The molecule has 5 rings (SSSR count). The van der Waals surface area contributed by atoms with Crippen LogP contribution in [0.4, 0.5) is 17.6 Å². The second-order valence-corrected chi connectivity index (χ2v) is 14.7. The van der Waals surface area contributed by atoms with Gasteiger partial charge in [-0.15, -0.1) is 0 Å². The van der Waals surface area contributed by atoms with Gasteiger partial charge < -0.3 is 23.9 Å². The first-order chi connectivity index (χ1) is 22.5. The number of ether oxygens (including phenoxy) is 3. The molecule has 264 valence electrons. The topological polar surface area (TPSA) is 108 Å². The third-order valence-corrected chi connectivity index (χ3v) is 10.6. The van der Waals surface area contributed by atoms with E-state index in [-0.39, 0.29) is 49.2 Å². The van der Waals surface area contributed by atoms with Crippen molar-refractivity contribution >= 4 is 29.2 Å². The zero-order valence-corrected chi connectivity index (χ0v) is 28.4. The number of hydrogen-bond donors (Lipinski definition) is 0. The molecule has 0 N–H and O–H groups in total. The molecule has 0 radical (unpaired) electrons. The number of esters is 1. The highest BCUT2D eigenvalue weighted by atomic mass is 19.3. The molecule has 3 heterocycles. The van der Waals surface area contributed by atoms with Crippen LogP contribution in [0.5, 0.6) is 11.6 Å². The van der Waals surface area contributed by atoms with Crippen LogP contribution in [0.25, 0.3) is 11.0 Å². The number of fused-ring (bicyclic) bond motifs is 5. The van der Waals surface area contributed by atoms with Gasteiger partial charge in [0.2, 0.25) is 11.8 Å². The molecule has 13 heteroatoms. The van der Waals surface area contributed by atoms with E-state index >= 15 is 17.6 Å². The molecule has 6 atom stereocenters. The molecule has 1 aromatic heterocycles. The monoisotopic (exact) mass is 679 g/mol. The molecule has 1 saturated carbocycles. The highest BCUT2D eigenvalue weighted by Crippen LogP contribution is 2.50. The molecule has 1 amide bonds. The van der Waals surface area contributed by atoms with Gasteiger partial charge >= 0.3 is 17.8 Å². The van der Waals surface area contributed by atoms with Crippen molar-refractivity contribution < 1.29 is 46.2 Å². The van der Waals surface area contributed by atoms with Crippen molar-refractivity contribution in [3.8, 4) is 11.6 Å². The molecule has 2 fully saturated rings. The summed E-state index contributed by atoms with van der Waals surface area (Å²) < 4.78 is 80.9. The van der Waals surface area contributed by atoms with Crippen molar-refractivity contribution in [3.05, 3.63) is 23.9 Å². The fourth-order valence-electron chi connectivity index (χ4n) is 7.64. The lowest BCUT2D eigenvalue weighted by atomic mass is 9.77. The molecule has 9 nitrogen and oxygen atoms in total. The summed E-state index contributed by atoms with van der Waals surface area (Å²) in [7, 11) is 1.41. The number of halogens is 4. The quantitative estimate of drug-likeness (QED) is 0.196. The van der Waals surface area contributed by atoms with Gasteiger partial charge in [0.1, 0.15) is 23.7 Å². The molecule has 2 bridgehead atoms. The van der Waals surface area contributed by atoms with Crippen LogP contribution in [0.1, 0.15) is 91.7 Å². The van der Waals surface area contributed by atoms with Gasteiger partial charge in [-0.25, -0.2) is 9.97 Å². The fraction of sp³-hybridized carbons (Fsp3) is 0.686. The van der Waals surface area contributed by atoms with E-state index in [1.54, 1.807) is 13.8 Å². The van der Waals surface area contributed by atoms with Crippen molar-refractivity contribution in [1.82, 2.24) is 14.9 Å². The van der Waals surface area contributed by atoms with E-state index in [1.165, 1.54) is 30.2 Å². The standard InChI is InChI=1S/C35H45F4N3O6/c1-7-22-26(19-43)42-18-27(22)47-30-29(40-24-13-12-21(46-6)16-25(24)41-30)35(38,39)34(36,37)15-9-11-20-10-8-14-33(20,5)48-28(44)17-23(31(42)45)32(2,3)4/h12-13,16,19-20,22-23,26-27H,7-11,14-15,17-18H2,1-6H3/t20-,22-,23+,26+,27-,33+/m0/s1. The van der Waals surface area contributed by atoms with Crippen LogP contribution < -0.4 is 9.47 Å². The summed E-state index contributed by atoms with van der Waals surface area (Å²) >= 11 is 0. The SMILES string of the molecule is CC[C@@H]1[C@@H]2CN(C(=O)[C@H](C(C)(C)C)CC(=O)O[C@]3(C)CCC[C@H]3CCCC(F)(F)C(F)(F)c3nc4ccc(OC)cc4nc3O2)[C@@H]1C=O. The largest absolute Gasteiger partial charge is 0.497 e. The third kappa shape index (κ3) is 6.57. The van der Waals surface area contributed by atoms with E-state index in [1.807, 2.05) is 20.8 Å². The van der Waals surface area contributed by atoms with Crippen LogP contribution in [0.2, 0.25) is 0 Å². The molecule has 2 aromatic rings. The van der Waals surface area contributed by atoms with Gasteiger partial charge in [-0.1, -0.05) is 27.7 Å². The Morgan fingerprint density at radius 2 is 1.75 bits per heavy atom. The van der Waals surface area contributed by atoms with E-state index in [4.69, 9.17) is 14.2 Å². The Balaban J connectivity index is 1.65. The van der Waals surface area contributed by atoms with E-state index in [0.717, 1.165) is 0 Å². The first-order valence-electron chi connectivity index (χ1n) is 16.7. The number of alkyl halides is 4. The Morgan fingerprint density at radius 3 is 2.38 bits per heavy atom. The highest BCUT2D eigenvalue weighted by Gasteiger charge is 2.60. The Morgan fingerprint density at radius 1 is 1.06 bits per heavy atom. The maximum absolute atomic E-state index is 16.1. The molecule has 3 aliphatic rings. The van der Waals surface area contributed by atoms with Crippen molar-refractivity contribution in [2.24, 2.45) is 23.2 Å². The number of benzene rings is 1. The van der Waals surface area contributed by atoms with Crippen LogP contribution in [-0.4, -0.2) is 70.4 Å². The Bertz CT molecular complexity index is 1550. The summed E-state index contributed by atoms with van der Waals surface area (Å²) in [5.74, 6) is -12.8. The average Bonchev–Trinajstić information content (AvgIpc) is 3.56. The van der Waals surface area contributed by atoms with Crippen LogP contribution >= 0.6 is 0 Å². The van der Waals surface area contributed by atoms with Crippen LogP contribution in [0.15, 0.2) is 18.2 Å². The summed E-state index contributed by atoms with van der Waals surface area (Å²) in [6.45, 7) is 8.73. The number of amides is 1. The lowest BCUT2D eigenvalue weighted by Gasteiger charge is -2.36. The second kappa shape index (κ2) is 13.1. The summed E-state index contributed by atoms with van der Waals surface area (Å²) in [4.78, 5) is 49.8. The predicted molar refractivity (Wildman–Crippen MR) is 168 cm³/mol. The lowest BCUT2D eigenvalue weighted by molar-refractivity contribution is -0.223. The number of rotatable bonds is 3. The Hall–Kier alpha value is -3.51. The van der Waals surface area contributed by atoms with Gasteiger partial charge in [0.25, 0.3) is 0 Å². The molecule has 1 saturated heterocycles. The first-order valence-corrected chi connectivity index (χ1v) is 16.7. The van der Waals surface area contributed by atoms with Crippen molar-refractivity contribution in [3.63, 3.8) is 0 Å². The molecular weight excluding hydrogens is 634 g/mol. The summed E-state index contributed by atoms with van der Waals surface area (Å²) in [6, 6.07) is 3.21. The van der Waals surface area contributed by atoms with E-state index in [0.29, 0.717) is 31.3 Å². The normalized spacial score (nSPS) is 31.2. The number of nitrogens with zero attached hydrogens (tertiary/aromatic N) is 3. The lowest BCUT2D eigenvalue weighted by Crippen LogP contribution is -2.47. The van der Waals surface area contributed by atoms with Gasteiger partial charge in [-0.3, -0.25) is 9.59 Å². The van der Waals surface area contributed by atoms with Crippen molar-refractivity contribution in [2.75, 3.05) is 13.7 Å². The Labute approximate surface area is 278 Å². The smallest absolute Gasteiger partial charge is 0.356 e. The fourth-order valence-corrected chi connectivity index (χ4v) is 7.64. The molecular formula is C35H45F4N3O6. The second-order valence-electron chi connectivity index (χ2n) is 14.7. The predicted octanol–water partition coefficient (Wildman–Crippen LogP) is 6.89. The number of carbonyl (C=O) groups excluding carboxylic acids is 3. The molecule has 0 unspecified atom stereocenters. The van der Waals surface area contributed by atoms with Gasteiger partial charge in [-0.05, 0) is 68.9 Å². The number of methoxy groups -OCH3 is 1. The summed E-state index contributed by atoms with van der Waals surface area (Å²) in [5.41, 5.74) is -3.01. The zero-order chi connectivity index (χ0) is 35.2. The molecule has 1 aromatic carbocycles. The number of hydrogen-bond acceptors (Lipinski definition) is 8. The average molecular weight is 680 g/mol. The van der Waals surface area contributed by atoms with E-state index in [2.05, 4.69) is 9.97 Å². The summed E-state index contributed by atoms with van der Waals surface area (Å²) in [6.07, 6.45) is 0.0481. The van der Waals surface area contributed by atoms with Crippen LogP contribution in [0.3, 0.4) is 0 Å². The molecule has 0 spiro atoms. The van der Waals surface area contributed by atoms with Crippen molar-refractivity contribution in [1.29, 1.82) is 0 Å². The van der Waals surface area contributed by atoms with Crippen molar-refractivity contribution in [2.45, 2.75) is 116 Å². The maximum Gasteiger partial charge on any atom is 0.356 e. The minimum atomic E-state index is -4.79. The molecule has 48 heavy (non-hydrogen) atoms. The zero-order valence-electron chi connectivity index (χ0n) is 28.4. The number of carbonyl (C=O) groups is 3. The molecule has 2 aliphatic heterocycles. The van der Waals surface area contributed by atoms with Crippen LogP contribution in [0, 0.1) is 23.2 Å². The third-order valence-electron chi connectivity index (χ3n) is 10.6. The highest BCUT2D eigenvalue weighted by molar-refractivity contribution is 5.87. The Kier molecular flexibility index (Phi) is 9.75. The number of aromatic nitrogens is 2. The van der Waals surface area contributed by atoms with Gasteiger partial charge in [0, 0.05) is 18.4 Å². The molecule has 1 aliphatic carbocycles. The minimum absolute atomic E-state index is 0.0617.